The van der Waals surface area contributed by atoms with Crippen LogP contribution in [0.3, 0.4) is 0 Å². The van der Waals surface area contributed by atoms with E-state index in [0.717, 1.165) is 0 Å². The first kappa shape index (κ1) is 9.51. The maximum atomic E-state index is 11.0. The van der Waals surface area contributed by atoms with Gasteiger partial charge in [0.05, 0.1) is 6.57 Å². The van der Waals surface area contributed by atoms with E-state index in [2.05, 4.69) is 9.58 Å². The molecule has 0 aliphatic carbocycles. The summed E-state index contributed by atoms with van der Waals surface area (Å²) < 4.78 is 4.63. The fourth-order valence-electron chi connectivity index (χ4n) is 0.915. The molecule has 1 aliphatic heterocycles. The molecule has 1 heterocycles. The summed E-state index contributed by atoms with van der Waals surface area (Å²) in [6, 6.07) is 3.13. The van der Waals surface area contributed by atoms with Crippen molar-refractivity contribution >= 4 is 5.97 Å². The number of hydrogen-bond donors (Lipinski definition) is 0. The number of cyclic esters (lactones) is 1. The Kier molecular flexibility index (Phi) is 2.33. The second-order valence-corrected chi connectivity index (χ2v) is 2.40. The van der Waals surface area contributed by atoms with E-state index in [-0.39, 0.29) is 22.6 Å². The summed E-state index contributed by atoms with van der Waals surface area (Å²) >= 11 is 0. The molecule has 5 heteroatoms. The van der Waals surface area contributed by atoms with E-state index >= 15 is 0 Å². The molecule has 0 aromatic carbocycles. The molecule has 0 N–H and O–H groups in total. The second-order valence-electron chi connectivity index (χ2n) is 2.40. The zero-order chi connectivity index (χ0) is 10.7. The highest BCUT2D eigenvalue weighted by Gasteiger charge is 2.30. The van der Waals surface area contributed by atoms with Crippen LogP contribution in [0, 0.1) is 29.2 Å². The van der Waals surface area contributed by atoms with Crippen LogP contribution in [0.5, 0.6) is 0 Å². The van der Waals surface area contributed by atoms with E-state index in [1.165, 1.54) is 6.92 Å². The maximum Gasteiger partial charge on any atom is 0.327 e. The van der Waals surface area contributed by atoms with Gasteiger partial charge in [-0.1, -0.05) is 0 Å². The molecular weight excluding hydrogens is 182 g/mol. The number of nitriles is 2. The lowest BCUT2D eigenvalue weighted by molar-refractivity contribution is -0.133. The normalized spacial score (nSPS) is 14.1. The molecule has 0 aromatic rings. The van der Waals surface area contributed by atoms with Gasteiger partial charge in [0.1, 0.15) is 12.1 Å². The molecule has 0 spiro atoms. The van der Waals surface area contributed by atoms with Crippen molar-refractivity contribution in [2.24, 2.45) is 0 Å². The lowest BCUT2D eigenvalue weighted by Crippen LogP contribution is -1.96. The number of rotatable bonds is 0. The van der Waals surface area contributed by atoms with Gasteiger partial charge in [-0.25, -0.2) is 9.64 Å². The number of allylic oxidation sites excluding steroid dienone is 1. The molecular formula is C9H3N3O2. The van der Waals surface area contributed by atoms with Gasteiger partial charge in [0.25, 0.3) is 0 Å². The lowest BCUT2D eigenvalue weighted by Gasteiger charge is -1.95. The minimum Gasteiger partial charge on any atom is -0.434 e. The van der Waals surface area contributed by atoms with Gasteiger partial charge in [-0.2, -0.15) is 10.5 Å². The molecule has 1 aliphatic rings. The quantitative estimate of drug-likeness (QED) is 0.321. The Hall–Kier alpha value is -2.58. The molecule has 0 radical (unpaired) electrons. The smallest absolute Gasteiger partial charge is 0.327 e. The molecule has 0 unspecified atom stereocenters. The Bertz CT molecular complexity index is 476. The van der Waals surface area contributed by atoms with E-state index in [9.17, 15) is 4.79 Å². The van der Waals surface area contributed by atoms with E-state index in [0.29, 0.717) is 0 Å². The summed E-state index contributed by atoms with van der Waals surface area (Å²) in [6.45, 7) is 8.19. The Balaban J connectivity index is 3.44. The number of ether oxygens (including phenoxy) is 1. The van der Waals surface area contributed by atoms with Crippen molar-refractivity contribution in [3.05, 3.63) is 34.0 Å². The van der Waals surface area contributed by atoms with Gasteiger partial charge in [0.2, 0.25) is 5.70 Å². The average Bonchev–Trinajstić information content (AvgIpc) is 2.45. The van der Waals surface area contributed by atoms with Gasteiger partial charge < -0.3 is 4.74 Å². The van der Waals surface area contributed by atoms with Gasteiger partial charge >= 0.3 is 5.97 Å². The van der Waals surface area contributed by atoms with Gasteiger partial charge in [0, 0.05) is 5.57 Å². The number of hydrogen-bond acceptors (Lipinski definition) is 4. The molecule has 5 nitrogen and oxygen atoms in total. The third-order valence-corrected chi connectivity index (χ3v) is 1.63. The topological polar surface area (TPSA) is 78.2 Å². The van der Waals surface area contributed by atoms with Gasteiger partial charge in [-0.05, 0) is 6.92 Å². The molecule has 0 atom stereocenters. The average molecular weight is 185 g/mol. The van der Waals surface area contributed by atoms with Crippen molar-refractivity contribution in [3.8, 4) is 12.1 Å². The zero-order valence-corrected chi connectivity index (χ0v) is 7.16. The second kappa shape index (κ2) is 3.43. The van der Waals surface area contributed by atoms with Crippen molar-refractivity contribution < 1.29 is 9.53 Å². The summed E-state index contributed by atoms with van der Waals surface area (Å²) in [7, 11) is 0. The van der Waals surface area contributed by atoms with Crippen LogP contribution in [0.25, 0.3) is 4.85 Å². The largest absolute Gasteiger partial charge is 0.434 e. The highest BCUT2D eigenvalue weighted by Crippen LogP contribution is 2.28. The fourth-order valence-corrected chi connectivity index (χ4v) is 0.915. The number of carbonyl (C=O) groups excluding carboxylic acids is 1. The first-order valence-electron chi connectivity index (χ1n) is 3.51. The van der Waals surface area contributed by atoms with Crippen molar-refractivity contribution in [1.82, 2.24) is 0 Å². The minimum atomic E-state index is -0.686. The van der Waals surface area contributed by atoms with Crippen LogP contribution in [0.15, 0.2) is 22.6 Å². The Morgan fingerprint density at radius 2 is 2.07 bits per heavy atom. The van der Waals surface area contributed by atoms with E-state index in [4.69, 9.17) is 17.1 Å². The predicted octanol–water partition coefficient (Wildman–Crippen LogP) is 1.04. The Morgan fingerprint density at radius 3 is 2.50 bits per heavy atom. The summed E-state index contributed by atoms with van der Waals surface area (Å²) in [4.78, 5) is 14.1. The van der Waals surface area contributed by atoms with Crippen molar-refractivity contribution in [2.75, 3.05) is 0 Å². The van der Waals surface area contributed by atoms with Crippen LogP contribution in [0.4, 0.5) is 0 Å². The summed E-state index contributed by atoms with van der Waals surface area (Å²) in [6.07, 6.45) is 0. The van der Waals surface area contributed by atoms with Crippen LogP contribution in [0.1, 0.15) is 6.92 Å². The van der Waals surface area contributed by atoms with Crippen molar-refractivity contribution in [3.63, 3.8) is 0 Å². The van der Waals surface area contributed by atoms with Crippen molar-refractivity contribution in [1.29, 1.82) is 10.5 Å². The molecule has 1 rings (SSSR count). The first-order valence-corrected chi connectivity index (χ1v) is 3.51. The number of nitrogens with zero attached hydrogens (tertiary/aromatic N) is 3. The molecule has 66 valence electrons. The van der Waals surface area contributed by atoms with Crippen LogP contribution in [-0.2, 0) is 9.53 Å². The van der Waals surface area contributed by atoms with E-state index in [1.807, 2.05) is 0 Å². The third-order valence-electron chi connectivity index (χ3n) is 1.63. The third kappa shape index (κ3) is 1.22. The zero-order valence-electron chi connectivity index (χ0n) is 7.16. The Morgan fingerprint density at radius 1 is 1.50 bits per heavy atom. The molecule has 0 aromatic heterocycles. The number of carbonyl (C=O) groups is 1. The minimum absolute atomic E-state index is 0.0619. The van der Waals surface area contributed by atoms with Gasteiger partial charge in [0.15, 0.2) is 11.3 Å². The standard InChI is InChI=1S/C9H3N3O2/c1-5-7(12-2)8(14-9(5)13)6(3-10)4-11/h1H3. The summed E-state index contributed by atoms with van der Waals surface area (Å²) in [5, 5.41) is 17.1. The predicted molar refractivity (Wildman–Crippen MR) is 43.6 cm³/mol. The lowest BCUT2D eigenvalue weighted by atomic mass is 10.2. The highest BCUT2D eigenvalue weighted by molar-refractivity contribution is 5.95. The number of esters is 1. The molecule has 0 fully saturated rings. The Labute approximate surface area is 79.9 Å². The van der Waals surface area contributed by atoms with Gasteiger partial charge in [-0.15, -0.1) is 0 Å². The molecule has 0 saturated heterocycles. The van der Waals surface area contributed by atoms with E-state index < -0.39 is 5.97 Å². The fraction of sp³-hybridized carbons (Fsp3) is 0.111. The summed E-state index contributed by atoms with van der Waals surface area (Å²) in [5.74, 6) is -0.915. The summed E-state index contributed by atoms with van der Waals surface area (Å²) in [5.41, 5.74) is -0.299. The SMILES string of the molecule is [C-]#[N+]C1=C(C)C(=O)OC1=C(C#N)C#N. The molecule has 0 bridgehead atoms. The van der Waals surface area contributed by atoms with E-state index in [1.54, 1.807) is 12.1 Å². The molecule has 0 amide bonds. The monoisotopic (exact) mass is 185 g/mol. The van der Waals surface area contributed by atoms with Gasteiger partial charge in [-0.3, -0.25) is 0 Å². The van der Waals surface area contributed by atoms with Crippen molar-refractivity contribution in [2.45, 2.75) is 6.92 Å². The highest BCUT2D eigenvalue weighted by atomic mass is 16.5. The maximum absolute atomic E-state index is 11.0. The van der Waals surface area contributed by atoms with Crippen LogP contribution in [-0.4, -0.2) is 5.97 Å². The van der Waals surface area contributed by atoms with Crippen LogP contribution < -0.4 is 0 Å². The van der Waals surface area contributed by atoms with Crippen LogP contribution in [0.2, 0.25) is 0 Å². The first-order chi connectivity index (χ1) is 6.65. The van der Waals surface area contributed by atoms with Crippen LogP contribution >= 0.6 is 0 Å². The molecule has 0 saturated carbocycles. The molecule has 14 heavy (non-hydrogen) atoms.